The fourth-order valence-electron chi connectivity index (χ4n) is 3.85. The summed E-state index contributed by atoms with van der Waals surface area (Å²) in [5.74, 6) is 1.29. The quantitative estimate of drug-likeness (QED) is 0.648. The highest BCUT2D eigenvalue weighted by molar-refractivity contribution is 7.89. The number of amides is 1. The monoisotopic (exact) mass is 462 g/mol. The van der Waals surface area contributed by atoms with Crippen molar-refractivity contribution in [3.63, 3.8) is 0 Å². The van der Waals surface area contributed by atoms with Crippen molar-refractivity contribution in [3.8, 4) is 17.2 Å². The van der Waals surface area contributed by atoms with Crippen molar-refractivity contribution < 1.29 is 27.4 Å². The van der Waals surface area contributed by atoms with E-state index >= 15 is 0 Å². The minimum Gasteiger partial charge on any atom is -0.496 e. The van der Waals surface area contributed by atoms with Gasteiger partial charge < -0.3 is 19.5 Å². The molecule has 1 N–H and O–H groups in total. The van der Waals surface area contributed by atoms with Crippen molar-refractivity contribution in [2.75, 3.05) is 27.9 Å². The van der Waals surface area contributed by atoms with Gasteiger partial charge in [-0.2, -0.15) is 4.31 Å². The van der Waals surface area contributed by atoms with E-state index in [0.717, 1.165) is 24.8 Å². The Labute approximate surface area is 189 Å². The molecule has 8 nitrogen and oxygen atoms in total. The highest BCUT2D eigenvalue weighted by atomic mass is 32.2. The Morgan fingerprint density at radius 1 is 1.00 bits per heavy atom. The number of nitrogens with zero attached hydrogens (tertiary/aromatic N) is 1. The van der Waals surface area contributed by atoms with Gasteiger partial charge in [0.2, 0.25) is 10.0 Å². The predicted molar refractivity (Wildman–Crippen MR) is 121 cm³/mol. The zero-order chi connectivity index (χ0) is 23.3. The molecule has 1 heterocycles. The average molecular weight is 463 g/mol. The third-order valence-electron chi connectivity index (χ3n) is 5.69. The standard InChI is InChI=1S/C23H30N2O6S/c1-16-7-5-6-12-25(16)32(27,28)19-10-8-17(9-11-19)23(26)24-15-18-13-21(30-3)22(31-4)14-20(18)29-2/h8-11,13-14,16H,5-7,12,15H2,1-4H3,(H,24,26). The van der Waals surface area contributed by atoms with Gasteiger partial charge in [0.25, 0.3) is 5.91 Å². The zero-order valence-corrected chi connectivity index (χ0v) is 19.7. The van der Waals surface area contributed by atoms with Crippen LogP contribution < -0.4 is 19.5 Å². The first kappa shape index (κ1) is 23.9. The van der Waals surface area contributed by atoms with Gasteiger partial charge in [0.1, 0.15) is 5.75 Å². The summed E-state index contributed by atoms with van der Waals surface area (Å²) in [4.78, 5) is 12.8. The van der Waals surface area contributed by atoms with Crippen LogP contribution in [0.3, 0.4) is 0 Å². The van der Waals surface area contributed by atoms with E-state index in [2.05, 4.69) is 5.32 Å². The second-order valence-electron chi connectivity index (χ2n) is 7.69. The molecule has 0 bridgehead atoms. The van der Waals surface area contributed by atoms with Crippen LogP contribution >= 0.6 is 0 Å². The molecule has 0 aliphatic carbocycles. The van der Waals surface area contributed by atoms with Gasteiger partial charge in [0.05, 0.1) is 26.2 Å². The number of methoxy groups -OCH3 is 3. The van der Waals surface area contributed by atoms with Crippen LogP contribution in [0, 0.1) is 0 Å². The first-order valence-electron chi connectivity index (χ1n) is 10.5. The molecule has 174 valence electrons. The summed E-state index contributed by atoms with van der Waals surface area (Å²) in [5.41, 5.74) is 1.09. The smallest absolute Gasteiger partial charge is 0.251 e. The Bertz CT molecular complexity index is 1050. The molecule has 3 rings (SSSR count). The minimum absolute atomic E-state index is 0.0202. The summed E-state index contributed by atoms with van der Waals surface area (Å²) in [6.45, 7) is 2.66. The van der Waals surface area contributed by atoms with Crippen molar-refractivity contribution in [1.29, 1.82) is 0 Å². The van der Waals surface area contributed by atoms with Gasteiger partial charge in [0.15, 0.2) is 11.5 Å². The van der Waals surface area contributed by atoms with Crippen molar-refractivity contribution in [2.45, 2.75) is 43.7 Å². The Hall–Kier alpha value is -2.78. The Balaban J connectivity index is 1.72. The second kappa shape index (κ2) is 10.2. The van der Waals surface area contributed by atoms with Crippen LogP contribution in [0.5, 0.6) is 17.2 Å². The molecule has 0 aromatic heterocycles. The molecule has 1 fully saturated rings. The summed E-state index contributed by atoms with van der Waals surface area (Å²) in [7, 11) is 1.03. The summed E-state index contributed by atoms with van der Waals surface area (Å²) in [6.07, 6.45) is 2.76. The normalized spacial score (nSPS) is 16.9. The number of rotatable bonds is 8. The highest BCUT2D eigenvalue weighted by Gasteiger charge is 2.30. The van der Waals surface area contributed by atoms with Gasteiger partial charge in [-0.25, -0.2) is 8.42 Å². The number of hydrogen-bond acceptors (Lipinski definition) is 6. The highest BCUT2D eigenvalue weighted by Crippen LogP contribution is 2.34. The van der Waals surface area contributed by atoms with E-state index in [9.17, 15) is 13.2 Å². The van der Waals surface area contributed by atoms with Gasteiger partial charge in [-0.15, -0.1) is 0 Å². The van der Waals surface area contributed by atoms with Gasteiger partial charge in [-0.3, -0.25) is 4.79 Å². The molecular weight excluding hydrogens is 432 g/mol. The third kappa shape index (κ3) is 4.99. The molecule has 1 aliphatic heterocycles. The first-order chi connectivity index (χ1) is 15.3. The molecule has 1 saturated heterocycles. The lowest BCUT2D eigenvalue weighted by atomic mass is 10.1. The van der Waals surface area contributed by atoms with Crippen molar-refractivity contribution in [3.05, 3.63) is 47.5 Å². The van der Waals surface area contributed by atoms with Crippen LogP contribution in [0.1, 0.15) is 42.1 Å². The Morgan fingerprint density at radius 2 is 1.62 bits per heavy atom. The first-order valence-corrected chi connectivity index (χ1v) is 11.9. The number of hydrogen-bond donors (Lipinski definition) is 1. The van der Waals surface area contributed by atoms with E-state index in [1.807, 2.05) is 6.92 Å². The number of ether oxygens (including phenoxy) is 3. The van der Waals surface area contributed by atoms with Crippen molar-refractivity contribution >= 4 is 15.9 Å². The number of nitrogens with one attached hydrogen (secondary N) is 1. The Morgan fingerprint density at radius 3 is 2.22 bits per heavy atom. The molecule has 9 heteroatoms. The summed E-state index contributed by atoms with van der Waals surface area (Å²) in [5, 5.41) is 2.83. The summed E-state index contributed by atoms with van der Waals surface area (Å²) < 4.78 is 43.5. The average Bonchev–Trinajstić information content (AvgIpc) is 2.82. The number of benzene rings is 2. The van der Waals surface area contributed by atoms with Crippen LogP contribution in [-0.4, -0.2) is 52.5 Å². The second-order valence-corrected chi connectivity index (χ2v) is 9.58. The van der Waals surface area contributed by atoms with E-state index in [1.165, 1.54) is 45.6 Å². The number of carbonyl (C=O) groups is 1. The largest absolute Gasteiger partial charge is 0.496 e. The molecule has 1 atom stereocenters. The fourth-order valence-corrected chi connectivity index (χ4v) is 5.55. The lowest BCUT2D eigenvalue weighted by Crippen LogP contribution is -2.41. The van der Waals surface area contributed by atoms with Gasteiger partial charge in [-0.05, 0) is 50.1 Å². The van der Waals surface area contributed by atoms with E-state index in [1.54, 1.807) is 16.4 Å². The van der Waals surface area contributed by atoms with Crippen LogP contribution in [0.2, 0.25) is 0 Å². The lowest BCUT2D eigenvalue weighted by Gasteiger charge is -2.32. The van der Waals surface area contributed by atoms with E-state index in [4.69, 9.17) is 14.2 Å². The maximum Gasteiger partial charge on any atom is 0.251 e. The molecule has 0 saturated carbocycles. The molecule has 2 aromatic carbocycles. The van der Waals surface area contributed by atoms with Crippen LogP contribution in [0.4, 0.5) is 0 Å². The van der Waals surface area contributed by atoms with Crippen LogP contribution in [0.25, 0.3) is 0 Å². The van der Waals surface area contributed by atoms with E-state index in [-0.39, 0.29) is 23.4 Å². The lowest BCUT2D eigenvalue weighted by molar-refractivity contribution is 0.0950. The number of piperidine rings is 1. The van der Waals surface area contributed by atoms with Gasteiger partial charge in [-0.1, -0.05) is 6.42 Å². The van der Waals surface area contributed by atoms with Crippen molar-refractivity contribution in [1.82, 2.24) is 9.62 Å². The van der Waals surface area contributed by atoms with E-state index in [0.29, 0.717) is 29.4 Å². The predicted octanol–water partition coefficient (Wildman–Crippen LogP) is 3.21. The van der Waals surface area contributed by atoms with Gasteiger partial charge in [0, 0.05) is 36.3 Å². The summed E-state index contributed by atoms with van der Waals surface area (Å²) in [6, 6.07) is 9.46. The van der Waals surface area contributed by atoms with Crippen LogP contribution in [0.15, 0.2) is 41.3 Å². The van der Waals surface area contributed by atoms with Crippen molar-refractivity contribution in [2.24, 2.45) is 0 Å². The number of carbonyl (C=O) groups excluding carboxylic acids is 1. The zero-order valence-electron chi connectivity index (χ0n) is 18.9. The molecule has 32 heavy (non-hydrogen) atoms. The SMILES string of the molecule is COc1cc(OC)c(OC)cc1CNC(=O)c1ccc(S(=O)(=O)N2CCCCC2C)cc1. The third-order valence-corrected chi connectivity index (χ3v) is 7.72. The minimum atomic E-state index is -3.57. The molecule has 0 spiro atoms. The summed E-state index contributed by atoms with van der Waals surface area (Å²) >= 11 is 0. The fraction of sp³-hybridized carbons (Fsp3) is 0.435. The van der Waals surface area contributed by atoms with E-state index < -0.39 is 10.0 Å². The molecule has 1 aliphatic rings. The maximum absolute atomic E-state index is 13.0. The molecule has 1 amide bonds. The van der Waals surface area contributed by atoms with Crippen LogP contribution in [-0.2, 0) is 16.6 Å². The number of sulfonamides is 1. The Kier molecular flexibility index (Phi) is 7.63. The molecule has 0 radical (unpaired) electrons. The molecule has 1 unspecified atom stereocenters. The van der Waals surface area contributed by atoms with Gasteiger partial charge >= 0.3 is 0 Å². The molecular formula is C23H30N2O6S. The maximum atomic E-state index is 13.0. The topological polar surface area (TPSA) is 94.2 Å². The molecule has 2 aromatic rings.